The average molecular weight is 533 g/mol. The second kappa shape index (κ2) is 9.34. The van der Waals surface area contributed by atoms with Crippen molar-refractivity contribution in [2.45, 2.75) is 103 Å². The first-order chi connectivity index (χ1) is 17.6. The van der Waals surface area contributed by atoms with Gasteiger partial charge in [-0.3, -0.25) is 14.4 Å². The zero-order chi connectivity index (χ0) is 28.3. The van der Waals surface area contributed by atoms with E-state index >= 15 is 0 Å². The molecular weight excluding hydrogens is 496 g/mol. The highest BCUT2D eigenvalue weighted by molar-refractivity contribution is 5.89. The molecule has 10 heteroatoms. The number of benzene rings is 1. The number of esters is 4. The highest BCUT2D eigenvalue weighted by Gasteiger charge is 2.85. The fraction of sp³-hybridized carbons (Fsp3) is 0.643. The first-order valence-corrected chi connectivity index (χ1v) is 12.8. The van der Waals surface area contributed by atoms with Crippen LogP contribution in [0.1, 0.15) is 71.7 Å². The predicted molar refractivity (Wildman–Crippen MR) is 132 cm³/mol. The molecule has 1 heterocycles. The highest BCUT2D eigenvalue weighted by atomic mass is 16.6. The Morgan fingerprint density at radius 1 is 0.842 bits per heavy atom. The van der Waals surface area contributed by atoms with Gasteiger partial charge < -0.3 is 28.8 Å². The van der Waals surface area contributed by atoms with E-state index in [-0.39, 0.29) is 12.8 Å². The molecule has 2 bridgehead atoms. The van der Waals surface area contributed by atoms with Crippen molar-refractivity contribution < 1.29 is 48.0 Å². The van der Waals surface area contributed by atoms with Gasteiger partial charge in [0.25, 0.3) is 0 Å². The summed E-state index contributed by atoms with van der Waals surface area (Å²) < 4.78 is 30.4. The van der Waals surface area contributed by atoms with E-state index < -0.39 is 76.4 Å². The van der Waals surface area contributed by atoms with Gasteiger partial charge in [-0.05, 0) is 52.7 Å². The van der Waals surface area contributed by atoms with Crippen LogP contribution in [0.2, 0.25) is 0 Å². The molecule has 0 amide bonds. The number of aliphatic hydroxyl groups is 1. The van der Waals surface area contributed by atoms with Gasteiger partial charge in [-0.1, -0.05) is 18.2 Å². The minimum absolute atomic E-state index is 0.126. The van der Waals surface area contributed by atoms with Crippen molar-refractivity contribution in [2.24, 2.45) is 11.3 Å². The fourth-order valence-electron chi connectivity index (χ4n) is 7.18. The van der Waals surface area contributed by atoms with Crippen LogP contribution in [0, 0.1) is 11.3 Å². The zero-order valence-corrected chi connectivity index (χ0v) is 22.8. The van der Waals surface area contributed by atoms with E-state index in [2.05, 4.69) is 0 Å². The minimum atomic E-state index is -1.70. The number of carbonyl (C=O) groups is 4. The SMILES string of the molecule is CC(=O)OC1C2C(OC(C)=O)C3(OC2(C)C)C(C)(O)CCC(OC(=O)c2ccccc2)C3(C)C1OC(C)=O. The molecule has 8 unspecified atom stereocenters. The molecule has 3 aliphatic rings. The monoisotopic (exact) mass is 532 g/mol. The molecule has 2 saturated carbocycles. The molecule has 8 atom stereocenters. The molecule has 1 spiro atoms. The zero-order valence-electron chi connectivity index (χ0n) is 22.8. The standard InChI is InChI=1S/C28H36O10/c1-15(29)34-21-20-22(35-16(2)30)28(38-25(20,4)5)26(6,33)14-13-19(27(28,7)23(21)36-17(3)31)37-24(32)18-11-9-8-10-12-18/h8-12,19-23,33H,13-14H2,1-7H3. The molecule has 1 aliphatic heterocycles. The van der Waals surface area contributed by atoms with Crippen LogP contribution in [0.3, 0.4) is 0 Å². The number of hydrogen-bond donors (Lipinski definition) is 1. The minimum Gasteiger partial charge on any atom is -0.459 e. The maximum atomic E-state index is 13.3. The molecule has 0 radical (unpaired) electrons. The van der Waals surface area contributed by atoms with Crippen molar-refractivity contribution in [1.82, 2.24) is 0 Å². The van der Waals surface area contributed by atoms with Crippen LogP contribution in [-0.4, -0.2) is 70.2 Å². The van der Waals surface area contributed by atoms with Gasteiger partial charge in [0.2, 0.25) is 0 Å². The Hall–Kier alpha value is -2.98. The first-order valence-electron chi connectivity index (χ1n) is 12.8. The summed E-state index contributed by atoms with van der Waals surface area (Å²) >= 11 is 0. The van der Waals surface area contributed by atoms with Gasteiger partial charge in [-0.2, -0.15) is 0 Å². The van der Waals surface area contributed by atoms with Gasteiger partial charge in [-0.15, -0.1) is 0 Å². The Morgan fingerprint density at radius 3 is 1.95 bits per heavy atom. The molecule has 38 heavy (non-hydrogen) atoms. The third-order valence-corrected chi connectivity index (χ3v) is 8.51. The maximum absolute atomic E-state index is 13.3. The number of rotatable bonds is 5. The Balaban J connectivity index is 1.97. The van der Waals surface area contributed by atoms with Crippen molar-refractivity contribution in [3.8, 4) is 0 Å². The van der Waals surface area contributed by atoms with Crippen molar-refractivity contribution in [3.63, 3.8) is 0 Å². The number of hydrogen-bond acceptors (Lipinski definition) is 10. The molecule has 10 nitrogen and oxygen atoms in total. The van der Waals surface area contributed by atoms with Crippen molar-refractivity contribution in [2.75, 3.05) is 0 Å². The van der Waals surface area contributed by atoms with E-state index in [0.29, 0.717) is 5.56 Å². The fourth-order valence-corrected chi connectivity index (χ4v) is 7.18. The van der Waals surface area contributed by atoms with E-state index in [1.165, 1.54) is 20.8 Å². The second-order valence-corrected chi connectivity index (χ2v) is 11.5. The Bertz CT molecular complexity index is 1130. The first kappa shape index (κ1) is 28.0. The van der Waals surface area contributed by atoms with Gasteiger partial charge in [-0.25, -0.2) is 4.79 Å². The lowest BCUT2D eigenvalue weighted by Gasteiger charge is -2.65. The molecule has 1 aromatic rings. The molecule has 1 saturated heterocycles. The molecule has 3 fully saturated rings. The topological polar surface area (TPSA) is 135 Å². The van der Waals surface area contributed by atoms with Gasteiger partial charge in [0, 0.05) is 20.8 Å². The highest BCUT2D eigenvalue weighted by Crippen LogP contribution is 2.69. The Kier molecular flexibility index (Phi) is 6.89. The molecular formula is C28H36O10. The Morgan fingerprint density at radius 2 is 1.39 bits per heavy atom. The summed E-state index contributed by atoms with van der Waals surface area (Å²) in [7, 11) is 0. The summed E-state index contributed by atoms with van der Waals surface area (Å²) in [6, 6.07) is 8.39. The van der Waals surface area contributed by atoms with Gasteiger partial charge in [0.1, 0.15) is 23.9 Å². The van der Waals surface area contributed by atoms with Gasteiger partial charge in [0.05, 0.1) is 28.1 Å². The molecule has 208 valence electrons. The molecule has 4 rings (SSSR count). The summed E-state index contributed by atoms with van der Waals surface area (Å²) in [5.74, 6) is -3.38. The number of ether oxygens (including phenoxy) is 5. The van der Waals surface area contributed by atoms with Crippen LogP contribution in [0.15, 0.2) is 30.3 Å². The van der Waals surface area contributed by atoms with Gasteiger partial charge in [0.15, 0.2) is 6.10 Å². The lowest BCUT2D eigenvalue weighted by Crippen LogP contribution is -2.81. The summed E-state index contributed by atoms with van der Waals surface area (Å²) in [4.78, 5) is 50.5. The third kappa shape index (κ3) is 4.09. The maximum Gasteiger partial charge on any atom is 0.338 e. The summed E-state index contributed by atoms with van der Waals surface area (Å²) in [6.07, 6.45) is -4.14. The molecule has 1 aromatic carbocycles. The summed E-state index contributed by atoms with van der Waals surface area (Å²) in [5.41, 5.74) is -5.65. The molecule has 2 aliphatic carbocycles. The normalized spacial score (nSPS) is 38.9. The van der Waals surface area contributed by atoms with E-state index in [1.807, 2.05) is 0 Å². The van der Waals surface area contributed by atoms with Crippen molar-refractivity contribution >= 4 is 23.9 Å². The van der Waals surface area contributed by atoms with E-state index in [4.69, 9.17) is 23.7 Å². The third-order valence-electron chi connectivity index (χ3n) is 8.51. The van der Waals surface area contributed by atoms with E-state index in [0.717, 1.165) is 0 Å². The van der Waals surface area contributed by atoms with Crippen LogP contribution < -0.4 is 0 Å². The largest absolute Gasteiger partial charge is 0.459 e. The molecule has 0 aromatic heterocycles. The van der Waals surface area contributed by atoms with Crippen LogP contribution in [0.5, 0.6) is 0 Å². The second-order valence-electron chi connectivity index (χ2n) is 11.5. The van der Waals surface area contributed by atoms with E-state index in [9.17, 15) is 24.3 Å². The Labute approximate surface area is 221 Å². The summed E-state index contributed by atoms with van der Waals surface area (Å²) in [5, 5.41) is 12.0. The van der Waals surface area contributed by atoms with Crippen LogP contribution in [0.4, 0.5) is 0 Å². The smallest absolute Gasteiger partial charge is 0.338 e. The predicted octanol–water partition coefficient (Wildman–Crippen LogP) is 2.74. The van der Waals surface area contributed by atoms with E-state index in [1.54, 1.807) is 58.0 Å². The quantitative estimate of drug-likeness (QED) is 0.445. The van der Waals surface area contributed by atoms with Crippen molar-refractivity contribution in [1.29, 1.82) is 0 Å². The number of fused-ring (bicyclic) bond motifs is 1. The average Bonchev–Trinajstić information content (AvgIpc) is 3.01. The summed E-state index contributed by atoms with van der Waals surface area (Å²) in [6.45, 7) is 10.4. The van der Waals surface area contributed by atoms with Crippen LogP contribution in [0.25, 0.3) is 0 Å². The number of carbonyl (C=O) groups excluding carboxylic acids is 4. The van der Waals surface area contributed by atoms with Crippen LogP contribution >= 0.6 is 0 Å². The lowest BCUT2D eigenvalue weighted by atomic mass is 9.47. The molecule has 1 N–H and O–H groups in total. The van der Waals surface area contributed by atoms with Crippen LogP contribution in [-0.2, 0) is 38.1 Å². The lowest BCUT2D eigenvalue weighted by molar-refractivity contribution is -0.336. The van der Waals surface area contributed by atoms with Gasteiger partial charge >= 0.3 is 23.9 Å². The van der Waals surface area contributed by atoms with Crippen molar-refractivity contribution in [3.05, 3.63) is 35.9 Å².